The number of hydrogen-bond acceptors (Lipinski definition) is 8. The highest BCUT2D eigenvalue weighted by molar-refractivity contribution is 7.18. The first-order chi connectivity index (χ1) is 16.6. The molecule has 0 aliphatic carbocycles. The molecule has 0 fully saturated rings. The molecule has 11 heteroatoms. The van der Waals surface area contributed by atoms with Gasteiger partial charge in [0, 0.05) is 36.6 Å². The number of amides is 2. The predicted molar refractivity (Wildman–Crippen MR) is 138 cm³/mol. The number of hydrogen-bond donors (Lipinski definition) is 3. The Morgan fingerprint density at radius 3 is 2.63 bits per heavy atom. The zero-order valence-corrected chi connectivity index (χ0v) is 21.9. The van der Waals surface area contributed by atoms with Crippen molar-refractivity contribution in [2.45, 2.75) is 45.9 Å². The molecule has 35 heavy (non-hydrogen) atoms. The average molecular weight is 533 g/mol. The van der Waals surface area contributed by atoms with Crippen molar-refractivity contribution in [2.75, 3.05) is 11.9 Å². The van der Waals surface area contributed by atoms with Crippen LogP contribution in [0.2, 0.25) is 4.34 Å². The van der Waals surface area contributed by atoms with Crippen LogP contribution in [0.4, 0.5) is 5.69 Å². The van der Waals surface area contributed by atoms with Crippen LogP contribution in [0.15, 0.2) is 30.3 Å². The van der Waals surface area contributed by atoms with Crippen molar-refractivity contribution >= 4 is 57.7 Å². The molecule has 0 spiro atoms. The Balaban J connectivity index is 1.57. The Bertz CT molecular complexity index is 1260. The van der Waals surface area contributed by atoms with Crippen molar-refractivity contribution in [3.8, 4) is 0 Å². The number of thiophene rings is 1. The molecule has 2 aromatic heterocycles. The summed E-state index contributed by atoms with van der Waals surface area (Å²) in [6.07, 6.45) is 0.775. The third-order valence-electron chi connectivity index (χ3n) is 5.03. The molecule has 3 heterocycles. The Kier molecular flexibility index (Phi) is 7.56. The maximum Gasteiger partial charge on any atom is 0.338 e. The molecular weight excluding hydrogens is 508 g/mol. The van der Waals surface area contributed by atoms with Crippen LogP contribution in [-0.2, 0) is 24.2 Å². The first-order valence-corrected chi connectivity index (χ1v) is 13.0. The standard InChI is InChI=1S/C24H25ClN4O4S2/c1-24(2,3)33-23(32)13-4-5-14(11-27-20(30)17-6-7-19(25)34-17)16(10-13)28-21(31)22-29-15-8-9-26-12-18(15)35-22/h4-7,10,26H,8-9,11-12H2,1-3H3,(H,27,30)(H,28,31). The normalized spacial score (nSPS) is 13.1. The number of aromatic nitrogens is 1. The maximum absolute atomic E-state index is 13.1. The zero-order valence-electron chi connectivity index (χ0n) is 19.5. The van der Waals surface area contributed by atoms with Gasteiger partial charge >= 0.3 is 5.97 Å². The van der Waals surface area contributed by atoms with Gasteiger partial charge in [0.05, 0.1) is 20.5 Å². The van der Waals surface area contributed by atoms with Crippen molar-refractivity contribution in [3.63, 3.8) is 0 Å². The van der Waals surface area contributed by atoms with Crippen LogP contribution >= 0.6 is 34.3 Å². The fourth-order valence-corrected chi connectivity index (χ4v) is 5.34. The van der Waals surface area contributed by atoms with Gasteiger partial charge in [0.2, 0.25) is 0 Å². The highest BCUT2D eigenvalue weighted by Crippen LogP contribution is 2.26. The van der Waals surface area contributed by atoms with Crippen LogP contribution in [0.3, 0.4) is 0 Å². The van der Waals surface area contributed by atoms with Gasteiger partial charge in [0.25, 0.3) is 11.8 Å². The monoisotopic (exact) mass is 532 g/mol. The van der Waals surface area contributed by atoms with Gasteiger partial charge in [-0.3, -0.25) is 9.59 Å². The van der Waals surface area contributed by atoms with Crippen LogP contribution in [0, 0.1) is 0 Å². The van der Waals surface area contributed by atoms with Gasteiger partial charge in [-0.2, -0.15) is 0 Å². The number of halogens is 1. The molecule has 2 amide bonds. The molecule has 8 nitrogen and oxygen atoms in total. The quantitative estimate of drug-likeness (QED) is 0.399. The van der Waals surface area contributed by atoms with Crippen LogP contribution in [0.1, 0.15) is 66.7 Å². The zero-order chi connectivity index (χ0) is 25.2. The third-order valence-corrected chi connectivity index (χ3v) is 7.35. The van der Waals surface area contributed by atoms with Crippen LogP contribution < -0.4 is 16.0 Å². The second-order valence-corrected chi connectivity index (χ2v) is 11.7. The number of carbonyl (C=O) groups is 3. The van der Waals surface area contributed by atoms with E-state index in [0.29, 0.717) is 32.0 Å². The Morgan fingerprint density at radius 2 is 1.94 bits per heavy atom. The molecule has 1 aliphatic heterocycles. The van der Waals surface area contributed by atoms with Gasteiger partial charge in [-0.15, -0.1) is 22.7 Å². The van der Waals surface area contributed by atoms with Crippen LogP contribution in [0.25, 0.3) is 0 Å². The van der Waals surface area contributed by atoms with E-state index in [1.807, 2.05) is 0 Å². The van der Waals surface area contributed by atoms with Crippen molar-refractivity contribution in [1.82, 2.24) is 15.6 Å². The van der Waals surface area contributed by atoms with Crippen LogP contribution in [-0.4, -0.2) is 34.9 Å². The lowest BCUT2D eigenvalue weighted by Gasteiger charge is -2.20. The van der Waals surface area contributed by atoms with E-state index in [-0.39, 0.29) is 23.9 Å². The summed E-state index contributed by atoms with van der Waals surface area (Å²) in [7, 11) is 0. The smallest absolute Gasteiger partial charge is 0.338 e. The van der Waals surface area contributed by atoms with E-state index in [0.717, 1.165) is 23.5 Å². The summed E-state index contributed by atoms with van der Waals surface area (Å²) in [5.41, 5.74) is 1.59. The summed E-state index contributed by atoms with van der Waals surface area (Å²) < 4.78 is 5.99. The van der Waals surface area contributed by atoms with Crippen molar-refractivity contribution in [3.05, 3.63) is 66.3 Å². The molecule has 184 valence electrons. The van der Waals surface area contributed by atoms with E-state index in [9.17, 15) is 14.4 Å². The number of nitrogens with one attached hydrogen (secondary N) is 3. The molecule has 4 rings (SSSR count). The number of benzene rings is 1. The summed E-state index contributed by atoms with van der Waals surface area (Å²) in [5, 5.41) is 9.33. The molecule has 3 aromatic rings. The number of ether oxygens (including phenoxy) is 1. The number of carbonyl (C=O) groups excluding carboxylic acids is 3. The molecule has 0 unspecified atom stereocenters. The first-order valence-electron chi connectivity index (χ1n) is 11.0. The number of thiazole rings is 1. The average Bonchev–Trinajstić information content (AvgIpc) is 3.43. The number of rotatable bonds is 6. The lowest BCUT2D eigenvalue weighted by Crippen LogP contribution is -2.25. The highest BCUT2D eigenvalue weighted by Gasteiger charge is 2.22. The lowest BCUT2D eigenvalue weighted by atomic mass is 10.1. The topological polar surface area (TPSA) is 109 Å². The highest BCUT2D eigenvalue weighted by atomic mass is 35.5. The van der Waals surface area contributed by atoms with Gasteiger partial charge in [0.15, 0.2) is 5.01 Å². The summed E-state index contributed by atoms with van der Waals surface area (Å²) in [5.74, 6) is -1.16. The molecule has 0 saturated carbocycles. The summed E-state index contributed by atoms with van der Waals surface area (Å²) >= 11 is 8.46. The second-order valence-electron chi connectivity index (χ2n) is 8.93. The largest absolute Gasteiger partial charge is 0.456 e. The summed E-state index contributed by atoms with van der Waals surface area (Å²) in [4.78, 5) is 44.2. The molecule has 0 radical (unpaired) electrons. The van der Waals surface area contributed by atoms with Gasteiger partial charge in [-0.25, -0.2) is 9.78 Å². The molecule has 1 aromatic carbocycles. The van der Waals surface area contributed by atoms with Crippen molar-refractivity contribution in [2.24, 2.45) is 0 Å². The van der Waals surface area contributed by atoms with Gasteiger partial charge < -0.3 is 20.7 Å². The van der Waals surface area contributed by atoms with E-state index in [1.54, 1.807) is 51.1 Å². The second kappa shape index (κ2) is 10.4. The predicted octanol–water partition coefficient (Wildman–Crippen LogP) is 4.64. The lowest BCUT2D eigenvalue weighted by molar-refractivity contribution is 0.00692. The van der Waals surface area contributed by atoms with Crippen LogP contribution in [0.5, 0.6) is 0 Å². The molecule has 3 N–H and O–H groups in total. The number of anilines is 1. The maximum atomic E-state index is 13.1. The Morgan fingerprint density at radius 1 is 1.14 bits per heavy atom. The Labute approximate surface area is 216 Å². The van der Waals surface area contributed by atoms with Gasteiger partial charge in [-0.05, 0) is 50.6 Å². The summed E-state index contributed by atoms with van der Waals surface area (Å²) in [6, 6.07) is 8.17. The molecule has 0 atom stereocenters. The van der Waals surface area contributed by atoms with E-state index < -0.39 is 11.6 Å². The fraction of sp³-hybridized carbons (Fsp3) is 0.333. The number of esters is 1. The van der Waals surface area contributed by atoms with Crippen molar-refractivity contribution < 1.29 is 19.1 Å². The molecule has 0 bridgehead atoms. The fourth-order valence-electron chi connectivity index (χ4n) is 3.41. The van der Waals surface area contributed by atoms with E-state index in [4.69, 9.17) is 16.3 Å². The van der Waals surface area contributed by atoms with E-state index in [2.05, 4.69) is 20.9 Å². The minimum atomic E-state index is -0.664. The van der Waals surface area contributed by atoms with E-state index >= 15 is 0 Å². The first kappa shape index (κ1) is 25.3. The third kappa shape index (κ3) is 6.46. The molecular formula is C24H25ClN4O4S2. The van der Waals surface area contributed by atoms with Gasteiger partial charge in [0.1, 0.15) is 5.60 Å². The minimum absolute atomic E-state index is 0.136. The Hall–Kier alpha value is -2.79. The van der Waals surface area contributed by atoms with Gasteiger partial charge in [-0.1, -0.05) is 17.7 Å². The number of nitrogens with zero attached hydrogens (tertiary/aromatic N) is 1. The SMILES string of the molecule is CC(C)(C)OC(=O)c1ccc(CNC(=O)c2ccc(Cl)s2)c(NC(=O)c2nc3c(s2)CNCC3)c1. The minimum Gasteiger partial charge on any atom is -0.456 e. The molecule has 1 aliphatic rings. The van der Waals surface area contributed by atoms with Crippen molar-refractivity contribution in [1.29, 1.82) is 0 Å². The number of fused-ring (bicyclic) bond motifs is 1. The summed E-state index contributed by atoms with van der Waals surface area (Å²) in [6.45, 7) is 7.01. The molecule has 0 saturated heterocycles. The van der Waals surface area contributed by atoms with E-state index in [1.165, 1.54) is 22.7 Å².